The van der Waals surface area contributed by atoms with Crippen LogP contribution >= 0.6 is 0 Å². The van der Waals surface area contributed by atoms with Crippen molar-refractivity contribution in [3.05, 3.63) is 29.3 Å². The molecule has 1 unspecified atom stereocenters. The number of fused-ring (bicyclic) bond motifs is 1. The molecule has 102 valence electrons. The fraction of sp³-hybridized carbons (Fsp3) is 0.533. The summed E-state index contributed by atoms with van der Waals surface area (Å²) in [6.07, 6.45) is 5.01. The molecule has 0 saturated carbocycles. The van der Waals surface area contributed by atoms with E-state index in [1.807, 2.05) is 12.1 Å². The summed E-state index contributed by atoms with van der Waals surface area (Å²) in [4.78, 5) is 11.3. The van der Waals surface area contributed by atoms with E-state index in [1.54, 1.807) is 6.07 Å². The molecule has 19 heavy (non-hydrogen) atoms. The Balaban J connectivity index is 1.59. The van der Waals surface area contributed by atoms with Crippen LogP contribution in [0.3, 0.4) is 0 Å². The standard InChI is InChI=1S/C15H19NO3/c17-15-14-6-5-13(8-11(14)9-19-15)18-10-12-4-2-1-3-7-16-12/h5-6,8,12,16H,1-4,7,9-10H2. The molecule has 1 saturated heterocycles. The second kappa shape index (κ2) is 5.61. The van der Waals surface area contributed by atoms with E-state index in [-0.39, 0.29) is 5.97 Å². The van der Waals surface area contributed by atoms with Crippen molar-refractivity contribution in [1.29, 1.82) is 0 Å². The van der Waals surface area contributed by atoms with E-state index in [4.69, 9.17) is 9.47 Å². The Labute approximate surface area is 113 Å². The number of hydrogen-bond acceptors (Lipinski definition) is 4. The van der Waals surface area contributed by atoms with E-state index >= 15 is 0 Å². The number of carbonyl (C=O) groups excluding carboxylic acids is 1. The number of nitrogens with one attached hydrogen (secondary N) is 1. The molecule has 2 aliphatic heterocycles. The Kier molecular flexibility index (Phi) is 3.69. The minimum absolute atomic E-state index is 0.230. The molecule has 0 radical (unpaired) electrons. The number of esters is 1. The van der Waals surface area contributed by atoms with Crippen molar-refractivity contribution < 1.29 is 14.3 Å². The molecule has 4 nitrogen and oxygen atoms in total. The molecule has 2 aliphatic rings. The SMILES string of the molecule is O=C1OCc2cc(OCC3CCCCCN3)ccc21. The molecule has 3 rings (SSSR count). The number of rotatable bonds is 3. The van der Waals surface area contributed by atoms with Gasteiger partial charge in [-0.25, -0.2) is 4.79 Å². The number of cyclic esters (lactones) is 1. The van der Waals surface area contributed by atoms with E-state index in [0.29, 0.717) is 24.8 Å². The minimum atomic E-state index is -0.230. The predicted molar refractivity (Wildman–Crippen MR) is 71.3 cm³/mol. The zero-order valence-corrected chi connectivity index (χ0v) is 11.0. The first kappa shape index (κ1) is 12.5. The highest BCUT2D eigenvalue weighted by molar-refractivity contribution is 5.93. The van der Waals surface area contributed by atoms with Gasteiger partial charge in [0.1, 0.15) is 19.0 Å². The molecule has 0 amide bonds. The van der Waals surface area contributed by atoms with Gasteiger partial charge in [0.05, 0.1) is 5.56 Å². The minimum Gasteiger partial charge on any atom is -0.492 e. The average molecular weight is 261 g/mol. The molecular formula is C15H19NO3. The highest BCUT2D eigenvalue weighted by atomic mass is 16.5. The summed E-state index contributed by atoms with van der Waals surface area (Å²) in [5.41, 5.74) is 1.59. The zero-order valence-electron chi connectivity index (χ0n) is 11.0. The van der Waals surface area contributed by atoms with Crippen molar-refractivity contribution in [3.8, 4) is 5.75 Å². The first-order chi connectivity index (χ1) is 9.33. The number of ether oxygens (including phenoxy) is 2. The monoisotopic (exact) mass is 261 g/mol. The lowest BCUT2D eigenvalue weighted by Gasteiger charge is -2.16. The Bertz CT molecular complexity index is 464. The summed E-state index contributed by atoms with van der Waals surface area (Å²) in [6, 6.07) is 5.99. The van der Waals surface area contributed by atoms with Crippen molar-refractivity contribution in [2.24, 2.45) is 0 Å². The molecule has 1 atom stereocenters. The summed E-state index contributed by atoms with van der Waals surface area (Å²) in [6.45, 7) is 2.14. The van der Waals surface area contributed by atoms with Crippen LogP contribution < -0.4 is 10.1 Å². The lowest BCUT2D eigenvalue weighted by atomic mass is 10.1. The van der Waals surface area contributed by atoms with Crippen molar-refractivity contribution in [2.75, 3.05) is 13.2 Å². The lowest BCUT2D eigenvalue weighted by molar-refractivity contribution is 0.0535. The Morgan fingerprint density at radius 3 is 3.21 bits per heavy atom. The van der Waals surface area contributed by atoms with Crippen LogP contribution in [0, 0.1) is 0 Å². The van der Waals surface area contributed by atoms with Crippen LogP contribution in [0.5, 0.6) is 5.75 Å². The Morgan fingerprint density at radius 1 is 1.32 bits per heavy atom. The summed E-state index contributed by atoms with van der Waals surface area (Å²) < 4.78 is 10.8. The number of benzene rings is 1. The predicted octanol–water partition coefficient (Wildman–Crippen LogP) is 2.27. The molecule has 1 fully saturated rings. The maximum absolute atomic E-state index is 11.3. The zero-order chi connectivity index (χ0) is 13.1. The largest absolute Gasteiger partial charge is 0.492 e. The van der Waals surface area contributed by atoms with Gasteiger partial charge in [0.25, 0.3) is 0 Å². The van der Waals surface area contributed by atoms with Gasteiger partial charge in [-0.1, -0.05) is 12.8 Å². The van der Waals surface area contributed by atoms with Crippen LogP contribution in [0.25, 0.3) is 0 Å². The fourth-order valence-electron chi connectivity index (χ4n) is 2.64. The molecular weight excluding hydrogens is 242 g/mol. The Morgan fingerprint density at radius 2 is 2.26 bits per heavy atom. The van der Waals surface area contributed by atoms with Gasteiger partial charge in [0.15, 0.2) is 0 Å². The van der Waals surface area contributed by atoms with E-state index < -0.39 is 0 Å². The second-order valence-electron chi connectivity index (χ2n) is 5.21. The molecule has 4 heteroatoms. The van der Waals surface area contributed by atoms with E-state index in [9.17, 15) is 4.79 Å². The smallest absolute Gasteiger partial charge is 0.338 e. The normalized spacial score (nSPS) is 22.5. The number of hydrogen-bond donors (Lipinski definition) is 1. The molecule has 0 bridgehead atoms. The van der Waals surface area contributed by atoms with Gasteiger partial charge >= 0.3 is 5.97 Å². The Hall–Kier alpha value is -1.55. The van der Waals surface area contributed by atoms with Gasteiger partial charge in [-0.05, 0) is 37.6 Å². The quantitative estimate of drug-likeness (QED) is 0.848. The lowest BCUT2D eigenvalue weighted by Crippen LogP contribution is -2.33. The van der Waals surface area contributed by atoms with Crippen LogP contribution in [0.15, 0.2) is 18.2 Å². The third-order valence-corrected chi connectivity index (χ3v) is 3.77. The summed E-state index contributed by atoms with van der Waals surface area (Å²) in [5.74, 6) is 0.593. The van der Waals surface area contributed by atoms with Crippen LogP contribution in [0.1, 0.15) is 41.6 Å². The molecule has 1 aromatic rings. The summed E-state index contributed by atoms with van der Waals surface area (Å²) >= 11 is 0. The molecule has 1 aromatic carbocycles. The highest BCUT2D eigenvalue weighted by Crippen LogP contribution is 2.24. The molecule has 0 spiro atoms. The van der Waals surface area contributed by atoms with Crippen LogP contribution in [-0.2, 0) is 11.3 Å². The molecule has 1 N–H and O–H groups in total. The third kappa shape index (κ3) is 2.89. The molecule has 0 aromatic heterocycles. The van der Waals surface area contributed by atoms with Gasteiger partial charge in [-0.2, -0.15) is 0 Å². The maximum Gasteiger partial charge on any atom is 0.338 e. The first-order valence-corrected chi connectivity index (χ1v) is 6.99. The number of carbonyl (C=O) groups is 1. The van der Waals surface area contributed by atoms with Crippen LogP contribution in [-0.4, -0.2) is 25.2 Å². The van der Waals surface area contributed by atoms with E-state index in [0.717, 1.165) is 17.9 Å². The molecule has 0 aliphatic carbocycles. The van der Waals surface area contributed by atoms with E-state index in [2.05, 4.69) is 5.32 Å². The second-order valence-corrected chi connectivity index (χ2v) is 5.21. The van der Waals surface area contributed by atoms with E-state index in [1.165, 1.54) is 25.7 Å². The first-order valence-electron chi connectivity index (χ1n) is 6.99. The van der Waals surface area contributed by atoms with Crippen molar-refractivity contribution >= 4 is 5.97 Å². The van der Waals surface area contributed by atoms with Crippen molar-refractivity contribution in [1.82, 2.24) is 5.32 Å². The maximum atomic E-state index is 11.3. The van der Waals surface area contributed by atoms with Gasteiger partial charge in [-0.15, -0.1) is 0 Å². The van der Waals surface area contributed by atoms with Gasteiger partial charge in [0.2, 0.25) is 0 Å². The highest BCUT2D eigenvalue weighted by Gasteiger charge is 2.21. The van der Waals surface area contributed by atoms with Crippen LogP contribution in [0.4, 0.5) is 0 Å². The summed E-state index contributed by atoms with van der Waals surface area (Å²) in [7, 11) is 0. The van der Waals surface area contributed by atoms with Gasteiger partial charge < -0.3 is 14.8 Å². The summed E-state index contributed by atoms with van der Waals surface area (Å²) in [5, 5.41) is 3.51. The third-order valence-electron chi connectivity index (χ3n) is 3.77. The van der Waals surface area contributed by atoms with Gasteiger partial charge in [0, 0.05) is 11.6 Å². The topological polar surface area (TPSA) is 47.6 Å². The van der Waals surface area contributed by atoms with Crippen molar-refractivity contribution in [2.45, 2.75) is 38.3 Å². The average Bonchev–Trinajstić information content (AvgIpc) is 2.66. The van der Waals surface area contributed by atoms with Gasteiger partial charge in [-0.3, -0.25) is 0 Å². The van der Waals surface area contributed by atoms with Crippen molar-refractivity contribution in [3.63, 3.8) is 0 Å². The molecule has 2 heterocycles. The fourth-order valence-corrected chi connectivity index (χ4v) is 2.64. The van der Waals surface area contributed by atoms with Crippen LogP contribution in [0.2, 0.25) is 0 Å².